The van der Waals surface area contributed by atoms with Crippen LogP contribution in [-0.2, 0) is 4.79 Å². The summed E-state index contributed by atoms with van der Waals surface area (Å²) in [6.45, 7) is -0.133. The molecule has 0 unspecified atom stereocenters. The Morgan fingerprint density at radius 2 is 2.08 bits per heavy atom. The minimum absolute atomic E-state index is 0.114. The second-order valence-corrected chi connectivity index (χ2v) is 5.29. The number of carbonyl (C=O) groups is 2. The van der Waals surface area contributed by atoms with E-state index in [1.54, 1.807) is 12.5 Å². The highest BCUT2D eigenvalue weighted by molar-refractivity contribution is 5.98. The van der Waals surface area contributed by atoms with Crippen molar-refractivity contribution in [1.82, 2.24) is 19.5 Å². The van der Waals surface area contributed by atoms with E-state index >= 15 is 0 Å². The van der Waals surface area contributed by atoms with Gasteiger partial charge in [-0.2, -0.15) is 4.98 Å². The minimum atomic E-state index is -0.681. The standard InChI is InChI=1S/C16H16N8O2/c17-13(25)8-21-16-20-7-12(14(18)26)15(23-16)22-10-2-1-3-11(6-10)24-5-4-19-9-24/h1-7,9H,8H2,(H2,17,25)(H2,18,26)(H2,20,21,22,23). The number of carbonyl (C=O) groups excluding carboxylic acids is 2. The summed E-state index contributed by atoms with van der Waals surface area (Å²) in [7, 11) is 0. The lowest BCUT2D eigenvalue weighted by Gasteiger charge is -2.12. The smallest absolute Gasteiger partial charge is 0.254 e. The van der Waals surface area contributed by atoms with E-state index in [9.17, 15) is 9.59 Å². The first-order valence-corrected chi connectivity index (χ1v) is 7.57. The summed E-state index contributed by atoms with van der Waals surface area (Å²) >= 11 is 0. The number of nitrogens with two attached hydrogens (primary N) is 2. The fraction of sp³-hybridized carbons (Fsp3) is 0.0625. The molecule has 26 heavy (non-hydrogen) atoms. The van der Waals surface area contributed by atoms with E-state index < -0.39 is 11.8 Å². The predicted molar refractivity (Wildman–Crippen MR) is 95.1 cm³/mol. The third-order valence-electron chi connectivity index (χ3n) is 3.39. The van der Waals surface area contributed by atoms with Crippen LogP contribution in [-0.4, -0.2) is 37.9 Å². The van der Waals surface area contributed by atoms with E-state index in [2.05, 4.69) is 25.6 Å². The summed E-state index contributed by atoms with van der Waals surface area (Å²) in [6.07, 6.45) is 6.43. The lowest BCUT2D eigenvalue weighted by molar-refractivity contribution is -0.116. The molecule has 0 spiro atoms. The van der Waals surface area contributed by atoms with Crippen molar-refractivity contribution in [2.75, 3.05) is 17.2 Å². The number of amides is 2. The zero-order valence-electron chi connectivity index (χ0n) is 13.6. The Morgan fingerprint density at radius 3 is 2.77 bits per heavy atom. The van der Waals surface area contributed by atoms with Gasteiger partial charge in [-0.05, 0) is 18.2 Å². The molecule has 10 heteroatoms. The first kappa shape index (κ1) is 16.9. The van der Waals surface area contributed by atoms with Crippen LogP contribution in [0.1, 0.15) is 10.4 Å². The van der Waals surface area contributed by atoms with Crippen LogP contribution >= 0.6 is 0 Å². The highest BCUT2D eigenvalue weighted by Crippen LogP contribution is 2.21. The SMILES string of the molecule is NC(=O)CNc1ncc(C(N)=O)c(Nc2cccc(-n3ccnc3)c2)n1. The molecular weight excluding hydrogens is 336 g/mol. The number of aromatic nitrogens is 4. The zero-order valence-corrected chi connectivity index (χ0v) is 13.6. The molecule has 0 aliphatic rings. The Balaban J connectivity index is 1.90. The zero-order chi connectivity index (χ0) is 18.5. The summed E-state index contributed by atoms with van der Waals surface area (Å²) in [5.41, 5.74) is 12.1. The van der Waals surface area contributed by atoms with Crippen molar-refractivity contribution in [1.29, 1.82) is 0 Å². The van der Waals surface area contributed by atoms with Crippen molar-refractivity contribution in [3.8, 4) is 5.69 Å². The second kappa shape index (κ2) is 7.30. The van der Waals surface area contributed by atoms with Gasteiger partial charge in [0.25, 0.3) is 5.91 Å². The Labute approximate surface area is 148 Å². The van der Waals surface area contributed by atoms with E-state index in [1.165, 1.54) is 6.20 Å². The van der Waals surface area contributed by atoms with Gasteiger partial charge in [0.1, 0.15) is 11.4 Å². The summed E-state index contributed by atoms with van der Waals surface area (Å²) in [5.74, 6) is -0.890. The van der Waals surface area contributed by atoms with Gasteiger partial charge >= 0.3 is 0 Å². The number of rotatable bonds is 7. The number of hydrogen-bond donors (Lipinski definition) is 4. The van der Waals surface area contributed by atoms with Crippen LogP contribution in [0, 0.1) is 0 Å². The Hall–Kier alpha value is -3.95. The van der Waals surface area contributed by atoms with Gasteiger partial charge in [0, 0.05) is 30.0 Å². The number of nitrogens with zero attached hydrogens (tertiary/aromatic N) is 4. The summed E-state index contributed by atoms with van der Waals surface area (Å²) in [4.78, 5) is 34.7. The first-order chi connectivity index (χ1) is 12.5. The molecule has 3 aromatic rings. The molecule has 6 N–H and O–H groups in total. The number of benzene rings is 1. The number of primary amides is 2. The number of hydrogen-bond acceptors (Lipinski definition) is 7. The molecule has 2 aromatic heterocycles. The molecule has 0 aliphatic carbocycles. The van der Waals surface area contributed by atoms with Gasteiger partial charge in [0.2, 0.25) is 11.9 Å². The van der Waals surface area contributed by atoms with E-state index in [1.807, 2.05) is 35.0 Å². The van der Waals surface area contributed by atoms with Gasteiger partial charge in [-0.15, -0.1) is 0 Å². The highest BCUT2D eigenvalue weighted by atomic mass is 16.1. The van der Waals surface area contributed by atoms with Crippen LogP contribution in [0.5, 0.6) is 0 Å². The molecule has 0 atom stereocenters. The van der Waals surface area contributed by atoms with Gasteiger partial charge in [-0.3, -0.25) is 9.59 Å². The lowest BCUT2D eigenvalue weighted by Crippen LogP contribution is -2.23. The molecule has 0 saturated carbocycles. The number of anilines is 3. The van der Waals surface area contributed by atoms with Gasteiger partial charge in [0.15, 0.2) is 0 Å². The van der Waals surface area contributed by atoms with Crippen molar-refractivity contribution in [2.24, 2.45) is 11.5 Å². The van der Waals surface area contributed by atoms with Crippen LogP contribution in [0.25, 0.3) is 5.69 Å². The fourth-order valence-electron chi connectivity index (χ4n) is 2.20. The quantitative estimate of drug-likeness (QED) is 0.480. The monoisotopic (exact) mass is 352 g/mol. The maximum atomic E-state index is 11.6. The molecule has 3 rings (SSSR count). The van der Waals surface area contributed by atoms with Crippen LogP contribution in [0.15, 0.2) is 49.2 Å². The van der Waals surface area contributed by atoms with Crippen molar-refractivity contribution in [3.63, 3.8) is 0 Å². The summed E-state index contributed by atoms with van der Waals surface area (Å²) in [5, 5.41) is 5.71. The molecule has 0 saturated heterocycles. The average Bonchev–Trinajstić information content (AvgIpc) is 3.15. The van der Waals surface area contributed by atoms with Gasteiger partial charge in [-0.25, -0.2) is 9.97 Å². The maximum Gasteiger partial charge on any atom is 0.254 e. The maximum absolute atomic E-state index is 11.6. The van der Waals surface area contributed by atoms with Crippen molar-refractivity contribution in [3.05, 3.63) is 54.7 Å². The number of nitrogens with one attached hydrogen (secondary N) is 2. The minimum Gasteiger partial charge on any atom is -0.368 e. The van der Waals surface area contributed by atoms with Gasteiger partial charge in [0.05, 0.1) is 12.9 Å². The van der Waals surface area contributed by atoms with Crippen molar-refractivity contribution in [2.45, 2.75) is 0 Å². The first-order valence-electron chi connectivity index (χ1n) is 7.57. The topological polar surface area (TPSA) is 154 Å². The molecule has 10 nitrogen and oxygen atoms in total. The molecular formula is C16H16N8O2. The summed E-state index contributed by atoms with van der Waals surface area (Å²) < 4.78 is 1.83. The van der Waals surface area contributed by atoms with Gasteiger partial charge in [-0.1, -0.05) is 6.07 Å². The molecule has 2 amide bonds. The van der Waals surface area contributed by atoms with Crippen molar-refractivity contribution < 1.29 is 9.59 Å². The van der Waals surface area contributed by atoms with Crippen LogP contribution in [0.2, 0.25) is 0 Å². The van der Waals surface area contributed by atoms with E-state index in [0.717, 1.165) is 5.69 Å². The Bertz CT molecular complexity index is 939. The second-order valence-electron chi connectivity index (χ2n) is 5.29. The average molecular weight is 352 g/mol. The molecule has 0 aliphatic heterocycles. The molecule has 132 valence electrons. The lowest BCUT2D eigenvalue weighted by atomic mass is 10.2. The normalized spacial score (nSPS) is 10.3. The third kappa shape index (κ3) is 3.93. The molecule has 0 fully saturated rings. The van der Waals surface area contributed by atoms with Gasteiger partial charge < -0.3 is 26.7 Å². The van der Waals surface area contributed by atoms with Crippen molar-refractivity contribution >= 4 is 29.3 Å². The molecule has 0 bridgehead atoms. The summed E-state index contributed by atoms with van der Waals surface area (Å²) in [6, 6.07) is 7.41. The predicted octanol–water partition coefficient (Wildman–Crippen LogP) is 0.402. The van der Waals surface area contributed by atoms with E-state index in [0.29, 0.717) is 5.69 Å². The molecule has 2 heterocycles. The van der Waals surface area contributed by atoms with Crippen LogP contribution in [0.3, 0.4) is 0 Å². The third-order valence-corrected chi connectivity index (χ3v) is 3.39. The Morgan fingerprint density at radius 1 is 1.23 bits per heavy atom. The van der Waals surface area contributed by atoms with E-state index in [4.69, 9.17) is 11.5 Å². The Kier molecular flexibility index (Phi) is 4.74. The number of imidazole rings is 1. The van der Waals surface area contributed by atoms with E-state index in [-0.39, 0.29) is 23.9 Å². The van der Waals surface area contributed by atoms with Crippen LogP contribution < -0.4 is 22.1 Å². The van der Waals surface area contributed by atoms with Crippen LogP contribution in [0.4, 0.5) is 17.5 Å². The largest absolute Gasteiger partial charge is 0.368 e. The molecule has 0 radical (unpaired) electrons. The molecule has 1 aromatic carbocycles. The fourth-order valence-corrected chi connectivity index (χ4v) is 2.20. The highest BCUT2D eigenvalue weighted by Gasteiger charge is 2.13.